The number of nitrogens with one attached hydrogen (secondary N) is 2. The Hall–Kier alpha value is -3.39. The number of carbonyl (C=O) groups is 1. The summed E-state index contributed by atoms with van der Waals surface area (Å²) in [5, 5.41) is 6.33. The van der Waals surface area contributed by atoms with Gasteiger partial charge in [-0.1, -0.05) is 23.7 Å². The number of rotatable bonds is 5. The predicted molar refractivity (Wildman–Crippen MR) is 100 cm³/mol. The number of methoxy groups -OCH3 is 1. The monoisotopic (exact) mass is 370 g/mol. The van der Waals surface area contributed by atoms with Crippen molar-refractivity contribution < 1.29 is 9.53 Å². The van der Waals surface area contributed by atoms with Crippen LogP contribution in [0.4, 0.5) is 28.7 Å². The van der Waals surface area contributed by atoms with E-state index < -0.39 is 5.97 Å². The van der Waals surface area contributed by atoms with Crippen LogP contribution in [0.2, 0.25) is 5.15 Å². The molecule has 0 aliphatic heterocycles. The van der Waals surface area contributed by atoms with E-state index in [1.165, 1.54) is 13.4 Å². The molecule has 0 atom stereocenters. The topological polar surface area (TPSA) is 115 Å². The highest BCUT2D eigenvalue weighted by molar-refractivity contribution is 6.32. The Kier molecular flexibility index (Phi) is 5.14. The van der Waals surface area contributed by atoms with Crippen molar-refractivity contribution in [3.63, 3.8) is 0 Å². The van der Waals surface area contributed by atoms with Crippen LogP contribution in [0.25, 0.3) is 0 Å². The number of esters is 1. The molecular weight excluding hydrogens is 356 g/mol. The molecular formula is C17H15ClN6O2. The number of aromatic nitrogens is 3. The minimum absolute atomic E-state index is 0.257. The number of carbonyl (C=O) groups excluding carboxylic acids is 1. The van der Waals surface area contributed by atoms with Gasteiger partial charge >= 0.3 is 5.97 Å². The molecule has 0 bridgehead atoms. The first-order chi connectivity index (χ1) is 12.6. The fourth-order valence-electron chi connectivity index (χ4n) is 2.21. The summed E-state index contributed by atoms with van der Waals surface area (Å²) in [5.74, 6) is 0.216. The number of nitrogens with zero attached hydrogens (tertiary/aromatic N) is 3. The molecule has 0 fully saturated rings. The lowest BCUT2D eigenvalue weighted by molar-refractivity contribution is 0.0602. The average molecular weight is 371 g/mol. The molecule has 0 saturated carbocycles. The lowest BCUT2D eigenvalue weighted by Crippen LogP contribution is -2.09. The summed E-state index contributed by atoms with van der Waals surface area (Å²) in [5.41, 5.74) is 7.84. The highest BCUT2D eigenvalue weighted by atomic mass is 35.5. The van der Waals surface area contributed by atoms with Crippen molar-refractivity contribution in [1.29, 1.82) is 0 Å². The fourth-order valence-corrected chi connectivity index (χ4v) is 2.38. The number of ether oxygens (including phenoxy) is 1. The van der Waals surface area contributed by atoms with E-state index in [2.05, 4.69) is 25.6 Å². The van der Waals surface area contributed by atoms with Gasteiger partial charge in [0.05, 0.1) is 24.0 Å². The highest BCUT2D eigenvalue weighted by Crippen LogP contribution is 2.30. The molecule has 3 aromatic rings. The number of nitrogen functional groups attached to an aromatic ring is 1. The molecule has 132 valence electrons. The van der Waals surface area contributed by atoms with Crippen LogP contribution >= 0.6 is 11.6 Å². The molecule has 0 spiro atoms. The van der Waals surface area contributed by atoms with Crippen molar-refractivity contribution in [2.45, 2.75) is 0 Å². The van der Waals surface area contributed by atoms with E-state index >= 15 is 0 Å². The van der Waals surface area contributed by atoms with E-state index in [1.54, 1.807) is 42.6 Å². The zero-order chi connectivity index (χ0) is 18.5. The Bertz CT molecular complexity index is 950. The summed E-state index contributed by atoms with van der Waals surface area (Å²) in [6, 6.07) is 10.4. The molecule has 0 aliphatic rings. The molecule has 26 heavy (non-hydrogen) atoms. The summed E-state index contributed by atoms with van der Waals surface area (Å²) in [6.45, 7) is 0. The Morgan fingerprint density at radius 2 is 1.69 bits per heavy atom. The van der Waals surface area contributed by atoms with Crippen LogP contribution < -0.4 is 16.4 Å². The number of hydrogen-bond donors (Lipinski definition) is 3. The standard InChI is InChI=1S/C17H15ClN6O2/c1-26-17(25)10-5-2-3-6-11(10)23-15-13(19)16(22-9-21-15)24-12-7-4-8-20-14(12)18/h2-9H,19H2,1H3,(H2,21,22,23,24). The zero-order valence-electron chi connectivity index (χ0n) is 13.7. The lowest BCUT2D eigenvalue weighted by Gasteiger charge is -2.14. The summed E-state index contributed by atoms with van der Waals surface area (Å²) >= 11 is 6.04. The first-order valence-corrected chi connectivity index (χ1v) is 7.90. The predicted octanol–water partition coefficient (Wildman–Crippen LogP) is 3.38. The number of hydrogen-bond acceptors (Lipinski definition) is 8. The Labute approximate surface area is 154 Å². The van der Waals surface area contributed by atoms with Crippen molar-refractivity contribution >= 4 is 46.3 Å². The normalized spacial score (nSPS) is 10.2. The van der Waals surface area contributed by atoms with Crippen LogP contribution in [-0.2, 0) is 4.74 Å². The van der Waals surface area contributed by atoms with Crippen molar-refractivity contribution in [2.75, 3.05) is 23.5 Å². The SMILES string of the molecule is COC(=O)c1ccccc1Nc1ncnc(Nc2cccnc2Cl)c1N. The number of nitrogens with two attached hydrogens (primary N) is 1. The van der Waals surface area contributed by atoms with Gasteiger partial charge in [-0.05, 0) is 24.3 Å². The smallest absolute Gasteiger partial charge is 0.339 e. The fraction of sp³-hybridized carbons (Fsp3) is 0.0588. The summed E-state index contributed by atoms with van der Waals surface area (Å²) < 4.78 is 4.78. The minimum Gasteiger partial charge on any atom is -0.465 e. The molecule has 0 amide bonds. The van der Waals surface area contributed by atoms with E-state index in [4.69, 9.17) is 22.1 Å². The van der Waals surface area contributed by atoms with Gasteiger partial charge < -0.3 is 21.1 Å². The number of benzene rings is 1. The Morgan fingerprint density at radius 1 is 1.04 bits per heavy atom. The molecule has 3 rings (SSSR count). The average Bonchev–Trinajstić information content (AvgIpc) is 2.66. The van der Waals surface area contributed by atoms with Gasteiger partial charge in [-0.2, -0.15) is 0 Å². The molecule has 4 N–H and O–H groups in total. The lowest BCUT2D eigenvalue weighted by atomic mass is 10.2. The third kappa shape index (κ3) is 3.65. The van der Waals surface area contributed by atoms with E-state index in [-0.39, 0.29) is 10.8 Å². The first kappa shape index (κ1) is 17.4. The number of pyridine rings is 1. The Balaban J connectivity index is 1.91. The quantitative estimate of drug-likeness (QED) is 0.462. The molecule has 8 nitrogen and oxygen atoms in total. The van der Waals surface area contributed by atoms with Gasteiger partial charge in [-0.25, -0.2) is 19.7 Å². The van der Waals surface area contributed by atoms with Gasteiger partial charge in [0, 0.05) is 6.20 Å². The third-order valence-corrected chi connectivity index (χ3v) is 3.78. The van der Waals surface area contributed by atoms with E-state index in [1.807, 2.05) is 0 Å². The Morgan fingerprint density at radius 3 is 2.38 bits per heavy atom. The van der Waals surface area contributed by atoms with Crippen molar-refractivity contribution in [1.82, 2.24) is 15.0 Å². The van der Waals surface area contributed by atoms with Crippen molar-refractivity contribution in [2.24, 2.45) is 0 Å². The van der Waals surface area contributed by atoms with Gasteiger partial charge in [-0.15, -0.1) is 0 Å². The van der Waals surface area contributed by atoms with Crippen molar-refractivity contribution in [3.05, 3.63) is 59.6 Å². The van der Waals surface area contributed by atoms with Crippen LogP contribution in [0, 0.1) is 0 Å². The number of para-hydroxylation sites is 1. The maximum absolute atomic E-state index is 11.9. The summed E-state index contributed by atoms with van der Waals surface area (Å²) in [6.07, 6.45) is 2.92. The largest absolute Gasteiger partial charge is 0.465 e. The highest BCUT2D eigenvalue weighted by Gasteiger charge is 2.15. The molecule has 0 saturated heterocycles. The van der Waals surface area contributed by atoms with E-state index in [9.17, 15) is 4.79 Å². The second-order valence-corrected chi connectivity index (χ2v) is 5.47. The van der Waals surface area contributed by atoms with Gasteiger partial charge in [-0.3, -0.25) is 0 Å². The van der Waals surface area contributed by atoms with Crippen LogP contribution in [0.3, 0.4) is 0 Å². The van der Waals surface area contributed by atoms with Crippen LogP contribution in [0.15, 0.2) is 48.9 Å². The van der Waals surface area contributed by atoms with Crippen LogP contribution in [0.1, 0.15) is 10.4 Å². The van der Waals surface area contributed by atoms with Gasteiger partial charge in [0.2, 0.25) is 0 Å². The summed E-state index contributed by atoms with van der Waals surface area (Å²) in [4.78, 5) is 24.1. The number of anilines is 5. The maximum atomic E-state index is 11.9. The number of halogens is 1. The van der Waals surface area contributed by atoms with E-state index in [0.29, 0.717) is 28.6 Å². The van der Waals surface area contributed by atoms with Gasteiger partial charge in [0.25, 0.3) is 0 Å². The molecule has 0 unspecified atom stereocenters. The molecule has 9 heteroatoms. The molecule has 2 heterocycles. The second-order valence-electron chi connectivity index (χ2n) is 5.11. The first-order valence-electron chi connectivity index (χ1n) is 7.52. The zero-order valence-corrected chi connectivity index (χ0v) is 14.5. The van der Waals surface area contributed by atoms with Crippen LogP contribution in [-0.4, -0.2) is 28.0 Å². The molecule has 0 aliphatic carbocycles. The molecule has 2 aromatic heterocycles. The second kappa shape index (κ2) is 7.66. The van der Waals surface area contributed by atoms with Gasteiger partial charge in [0.15, 0.2) is 16.8 Å². The van der Waals surface area contributed by atoms with E-state index in [0.717, 1.165) is 0 Å². The summed E-state index contributed by atoms with van der Waals surface area (Å²) in [7, 11) is 1.32. The van der Waals surface area contributed by atoms with Crippen LogP contribution in [0.5, 0.6) is 0 Å². The van der Waals surface area contributed by atoms with Gasteiger partial charge in [0.1, 0.15) is 12.0 Å². The maximum Gasteiger partial charge on any atom is 0.339 e. The molecule has 0 radical (unpaired) electrons. The third-order valence-electron chi connectivity index (χ3n) is 3.48. The molecule has 1 aromatic carbocycles. The minimum atomic E-state index is -0.471. The van der Waals surface area contributed by atoms with Crippen molar-refractivity contribution in [3.8, 4) is 0 Å².